The number of nitrogens with two attached hydrogens (primary N) is 1. The highest BCUT2D eigenvalue weighted by Crippen LogP contribution is 2.26. The fourth-order valence-electron chi connectivity index (χ4n) is 0.866. The van der Waals surface area contributed by atoms with Crippen LogP contribution in [0.4, 0.5) is 10.1 Å². The zero-order valence-corrected chi connectivity index (χ0v) is 7.42. The summed E-state index contributed by atoms with van der Waals surface area (Å²) in [7, 11) is 0. The van der Waals surface area contributed by atoms with Crippen molar-refractivity contribution in [3.8, 4) is 0 Å². The Hall–Kier alpha value is -1.69. The molecule has 0 aliphatic carbocycles. The van der Waals surface area contributed by atoms with Crippen molar-refractivity contribution in [2.24, 2.45) is 5.73 Å². The van der Waals surface area contributed by atoms with Gasteiger partial charge in [0.15, 0.2) is 0 Å². The van der Waals surface area contributed by atoms with Crippen LogP contribution in [0.1, 0.15) is 10.4 Å². The second kappa shape index (κ2) is 3.59. The third-order valence-electron chi connectivity index (χ3n) is 1.50. The van der Waals surface area contributed by atoms with Crippen molar-refractivity contribution in [3.05, 3.63) is 38.7 Å². The van der Waals surface area contributed by atoms with Crippen LogP contribution in [0.15, 0.2) is 12.1 Å². The molecule has 0 aromatic heterocycles. The number of benzene rings is 1. The van der Waals surface area contributed by atoms with Crippen LogP contribution in [0.2, 0.25) is 5.02 Å². The van der Waals surface area contributed by atoms with E-state index in [-0.39, 0.29) is 5.02 Å². The Balaban J connectivity index is 3.42. The average molecular weight is 219 g/mol. The molecule has 0 bridgehead atoms. The molecule has 74 valence electrons. The average Bonchev–Trinajstić information content (AvgIpc) is 2.02. The fourth-order valence-corrected chi connectivity index (χ4v) is 1.09. The van der Waals surface area contributed by atoms with Gasteiger partial charge in [-0.05, 0) is 0 Å². The Labute approximate surface area is 82.4 Å². The molecular formula is C7H4ClFN2O3. The van der Waals surface area contributed by atoms with Gasteiger partial charge in [0.05, 0.1) is 10.5 Å². The summed E-state index contributed by atoms with van der Waals surface area (Å²) >= 11 is 5.37. The van der Waals surface area contributed by atoms with Crippen molar-refractivity contribution >= 4 is 23.2 Å². The Morgan fingerprint density at radius 1 is 1.57 bits per heavy atom. The Morgan fingerprint density at radius 2 is 2.14 bits per heavy atom. The van der Waals surface area contributed by atoms with E-state index in [0.717, 1.165) is 0 Å². The lowest BCUT2D eigenvalue weighted by atomic mass is 10.2. The third kappa shape index (κ3) is 1.80. The number of carbonyl (C=O) groups is 1. The fraction of sp³-hybridized carbons (Fsp3) is 0. The number of nitro groups is 1. The van der Waals surface area contributed by atoms with E-state index in [0.29, 0.717) is 12.1 Å². The van der Waals surface area contributed by atoms with Crippen LogP contribution in [0.25, 0.3) is 0 Å². The van der Waals surface area contributed by atoms with E-state index < -0.39 is 27.9 Å². The first kappa shape index (κ1) is 10.4. The molecule has 0 saturated heterocycles. The minimum atomic E-state index is -1.08. The summed E-state index contributed by atoms with van der Waals surface area (Å²) in [6.45, 7) is 0. The molecule has 0 atom stereocenters. The van der Waals surface area contributed by atoms with E-state index in [1.165, 1.54) is 0 Å². The lowest BCUT2D eigenvalue weighted by Gasteiger charge is -1.99. The Morgan fingerprint density at radius 3 is 2.57 bits per heavy atom. The molecule has 0 aliphatic heterocycles. The van der Waals surface area contributed by atoms with Gasteiger partial charge in [0.2, 0.25) is 0 Å². The molecule has 0 saturated carbocycles. The minimum Gasteiger partial charge on any atom is -0.366 e. The Kier molecular flexibility index (Phi) is 2.66. The van der Waals surface area contributed by atoms with Crippen molar-refractivity contribution in [2.45, 2.75) is 0 Å². The van der Waals surface area contributed by atoms with E-state index in [1.807, 2.05) is 0 Å². The normalized spacial score (nSPS) is 9.86. The number of hydrogen-bond donors (Lipinski definition) is 1. The molecule has 5 nitrogen and oxygen atoms in total. The number of hydrogen-bond acceptors (Lipinski definition) is 3. The summed E-state index contributed by atoms with van der Waals surface area (Å²) in [4.78, 5) is 20.2. The van der Waals surface area contributed by atoms with Gasteiger partial charge in [0.25, 0.3) is 11.6 Å². The van der Waals surface area contributed by atoms with E-state index in [9.17, 15) is 19.3 Å². The first-order valence-electron chi connectivity index (χ1n) is 3.36. The lowest BCUT2D eigenvalue weighted by Crippen LogP contribution is -2.13. The highest BCUT2D eigenvalue weighted by atomic mass is 35.5. The molecule has 0 aliphatic rings. The van der Waals surface area contributed by atoms with Crippen LogP contribution in [0.3, 0.4) is 0 Å². The third-order valence-corrected chi connectivity index (χ3v) is 1.80. The standard InChI is InChI=1S/C7H4ClFN2O3/c8-4-2-5(9)3(7(10)12)1-6(4)11(13)14/h1-2H,(H2,10,12). The zero-order valence-electron chi connectivity index (χ0n) is 6.66. The van der Waals surface area contributed by atoms with E-state index in [2.05, 4.69) is 0 Å². The second-order valence-corrected chi connectivity index (χ2v) is 2.81. The van der Waals surface area contributed by atoms with E-state index >= 15 is 0 Å². The molecule has 1 amide bonds. The molecule has 0 unspecified atom stereocenters. The molecule has 7 heteroatoms. The topological polar surface area (TPSA) is 86.2 Å². The number of carbonyl (C=O) groups excluding carboxylic acids is 1. The van der Waals surface area contributed by atoms with Crippen molar-refractivity contribution in [2.75, 3.05) is 0 Å². The highest BCUT2D eigenvalue weighted by Gasteiger charge is 2.19. The maximum Gasteiger partial charge on any atom is 0.288 e. The molecule has 0 spiro atoms. The van der Waals surface area contributed by atoms with Crippen molar-refractivity contribution in [1.29, 1.82) is 0 Å². The molecule has 2 N–H and O–H groups in total. The molecule has 1 rings (SSSR count). The number of rotatable bonds is 2. The van der Waals surface area contributed by atoms with Crippen molar-refractivity contribution in [1.82, 2.24) is 0 Å². The first-order valence-corrected chi connectivity index (χ1v) is 3.74. The summed E-state index contributed by atoms with van der Waals surface area (Å²) in [5.41, 5.74) is 3.68. The quantitative estimate of drug-likeness (QED) is 0.603. The van der Waals surface area contributed by atoms with Gasteiger partial charge in [-0.1, -0.05) is 11.6 Å². The summed E-state index contributed by atoms with van der Waals surface area (Å²) < 4.78 is 12.9. The smallest absolute Gasteiger partial charge is 0.288 e. The van der Waals surface area contributed by atoms with Gasteiger partial charge in [-0.3, -0.25) is 14.9 Å². The van der Waals surface area contributed by atoms with Gasteiger partial charge >= 0.3 is 0 Å². The SMILES string of the molecule is NC(=O)c1cc([N+](=O)[O-])c(Cl)cc1F. The van der Waals surface area contributed by atoms with Gasteiger partial charge in [0.1, 0.15) is 10.8 Å². The summed E-state index contributed by atoms with van der Waals surface area (Å²) in [5, 5.41) is 9.98. The van der Waals surface area contributed by atoms with Crippen LogP contribution in [-0.2, 0) is 0 Å². The molecule has 0 heterocycles. The summed E-state index contributed by atoms with van der Waals surface area (Å²) in [6.07, 6.45) is 0. The summed E-state index contributed by atoms with van der Waals surface area (Å²) in [5.74, 6) is -2.06. The summed E-state index contributed by atoms with van der Waals surface area (Å²) in [6, 6.07) is 1.39. The van der Waals surface area contributed by atoms with Gasteiger partial charge in [-0.2, -0.15) is 0 Å². The number of halogens is 2. The van der Waals surface area contributed by atoms with Gasteiger partial charge in [0, 0.05) is 12.1 Å². The maximum absolute atomic E-state index is 12.9. The monoisotopic (exact) mass is 218 g/mol. The number of nitrogens with zero attached hydrogens (tertiary/aromatic N) is 1. The number of amides is 1. The predicted molar refractivity (Wildman–Crippen MR) is 46.6 cm³/mol. The van der Waals surface area contributed by atoms with Crippen LogP contribution in [0.5, 0.6) is 0 Å². The highest BCUT2D eigenvalue weighted by molar-refractivity contribution is 6.32. The van der Waals surface area contributed by atoms with Crippen LogP contribution < -0.4 is 5.73 Å². The van der Waals surface area contributed by atoms with Crippen molar-refractivity contribution < 1.29 is 14.1 Å². The molecular weight excluding hydrogens is 215 g/mol. The zero-order chi connectivity index (χ0) is 10.9. The maximum atomic E-state index is 12.9. The number of primary amides is 1. The van der Waals surface area contributed by atoms with Crippen molar-refractivity contribution in [3.63, 3.8) is 0 Å². The van der Waals surface area contributed by atoms with E-state index in [4.69, 9.17) is 17.3 Å². The van der Waals surface area contributed by atoms with Gasteiger partial charge < -0.3 is 5.73 Å². The molecule has 1 aromatic rings. The van der Waals surface area contributed by atoms with Gasteiger partial charge in [-0.25, -0.2) is 4.39 Å². The molecule has 0 fully saturated rings. The second-order valence-electron chi connectivity index (χ2n) is 2.40. The number of nitro benzene ring substituents is 1. The molecule has 0 radical (unpaired) electrons. The first-order chi connectivity index (χ1) is 6.43. The van der Waals surface area contributed by atoms with Crippen LogP contribution >= 0.6 is 11.6 Å². The van der Waals surface area contributed by atoms with Crippen LogP contribution in [-0.4, -0.2) is 10.8 Å². The largest absolute Gasteiger partial charge is 0.366 e. The molecule has 14 heavy (non-hydrogen) atoms. The van der Waals surface area contributed by atoms with Crippen LogP contribution in [0, 0.1) is 15.9 Å². The minimum absolute atomic E-state index is 0.377. The van der Waals surface area contributed by atoms with E-state index in [1.54, 1.807) is 0 Å². The lowest BCUT2D eigenvalue weighted by molar-refractivity contribution is -0.384. The Bertz CT molecular complexity index is 386. The molecule has 1 aromatic carbocycles. The van der Waals surface area contributed by atoms with Gasteiger partial charge in [-0.15, -0.1) is 0 Å². The predicted octanol–water partition coefficient (Wildman–Crippen LogP) is 1.49.